The normalized spacial score (nSPS) is 16.1. The molecule has 0 unspecified atom stereocenters. The summed E-state index contributed by atoms with van der Waals surface area (Å²) in [5.41, 5.74) is 2.64. The van der Waals surface area contributed by atoms with E-state index in [1.165, 1.54) is 12.1 Å². The summed E-state index contributed by atoms with van der Waals surface area (Å²) in [5, 5.41) is 0. The van der Waals surface area contributed by atoms with E-state index in [4.69, 9.17) is 4.74 Å². The van der Waals surface area contributed by atoms with Gasteiger partial charge in [0.05, 0.1) is 10.5 Å². The second-order valence-corrected chi connectivity index (χ2v) is 8.79. The number of rotatable bonds is 4. The molecule has 6 nitrogen and oxygen atoms in total. The smallest absolute Gasteiger partial charge is 0.338 e. The van der Waals surface area contributed by atoms with E-state index in [1.807, 2.05) is 31.2 Å². The number of benzene rings is 2. The lowest BCUT2D eigenvalue weighted by Crippen LogP contribution is -2.38. The van der Waals surface area contributed by atoms with Gasteiger partial charge in [-0.3, -0.25) is 4.79 Å². The molecular weight excluding hydrogens is 366 g/mol. The molecule has 0 aliphatic carbocycles. The van der Waals surface area contributed by atoms with Crippen LogP contribution in [0.3, 0.4) is 0 Å². The Morgan fingerprint density at radius 1 is 1.19 bits per heavy atom. The minimum absolute atomic E-state index is 0.0103. The van der Waals surface area contributed by atoms with Crippen LogP contribution in [-0.2, 0) is 25.8 Å². The predicted molar refractivity (Wildman–Crippen MR) is 102 cm³/mol. The van der Waals surface area contributed by atoms with Crippen LogP contribution < -0.4 is 4.90 Å². The van der Waals surface area contributed by atoms with Gasteiger partial charge in [-0.2, -0.15) is 0 Å². The van der Waals surface area contributed by atoms with Crippen molar-refractivity contribution in [3.05, 3.63) is 59.2 Å². The third kappa shape index (κ3) is 3.88. The topological polar surface area (TPSA) is 80.7 Å². The fourth-order valence-electron chi connectivity index (χ4n) is 3.27. The number of hydrogen-bond donors (Lipinski definition) is 0. The number of fused-ring (bicyclic) bond motifs is 1. The maximum Gasteiger partial charge on any atom is 0.338 e. The first kappa shape index (κ1) is 19.1. The van der Waals surface area contributed by atoms with Crippen molar-refractivity contribution in [2.24, 2.45) is 0 Å². The number of para-hydroxylation sites is 1. The Kier molecular flexibility index (Phi) is 5.06. The van der Waals surface area contributed by atoms with Crippen LogP contribution in [0.15, 0.2) is 47.4 Å². The van der Waals surface area contributed by atoms with Crippen molar-refractivity contribution in [3.63, 3.8) is 0 Å². The first-order chi connectivity index (χ1) is 12.7. The van der Waals surface area contributed by atoms with Gasteiger partial charge in [0, 0.05) is 18.0 Å². The molecule has 0 saturated heterocycles. The van der Waals surface area contributed by atoms with E-state index in [2.05, 4.69) is 0 Å². The third-order valence-corrected chi connectivity index (χ3v) is 5.77. The van der Waals surface area contributed by atoms with Crippen LogP contribution in [0.25, 0.3) is 0 Å². The van der Waals surface area contributed by atoms with E-state index in [1.54, 1.807) is 17.9 Å². The second kappa shape index (κ2) is 7.15. The minimum atomic E-state index is -3.44. The number of aryl methyl sites for hydroxylation is 1. The van der Waals surface area contributed by atoms with Gasteiger partial charge in [0.25, 0.3) is 5.91 Å². The fourth-order valence-corrected chi connectivity index (χ4v) is 3.92. The zero-order valence-corrected chi connectivity index (χ0v) is 16.2. The lowest BCUT2D eigenvalue weighted by atomic mass is 10.1. The van der Waals surface area contributed by atoms with Gasteiger partial charge < -0.3 is 9.64 Å². The number of hydrogen-bond acceptors (Lipinski definition) is 5. The number of esters is 1. The molecule has 27 heavy (non-hydrogen) atoms. The van der Waals surface area contributed by atoms with E-state index < -0.39 is 22.4 Å². The van der Waals surface area contributed by atoms with Crippen LogP contribution in [0.1, 0.15) is 28.4 Å². The van der Waals surface area contributed by atoms with Gasteiger partial charge in [-0.1, -0.05) is 24.3 Å². The molecule has 0 aromatic heterocycles. The molecular formula is C20H21NO5S. The summed E-state index contributed by atoms with van der Waals surface area (Å²) in [5.74, 6) is -1.02. The van der Waals surface area contributed by atoms with Gasteiger partial charge >= 0.3 is 5.97 Å². The van der Waals surface area contributed by atoms with Crippen molar-refractivity contribution in [1.82, 2.24) is 0 Å². The number of ether oxygens (including phenoxy) is 1. The summed E-state index contributed by atoms with van der Waals surface area (Å²) in [4.78, 5) is 26.7. The quantitative estimate of drug-likeness (QED) is 0.753. The summed E-state index contributed by atoms with van der Waals surface area (Å²) in [6, 6.07) is 11.9. The first-order valence-electron chi connectivity index (χ1n) is 8.56. The molecule has 0 radical (unpaired) electrons. The van der Waals surface area contributed by atoms with Crippen molar-refractivity contribution in [2.45, 2.75) is 31.2 Å². The average molecular weight is 387 g/mol. The molecule has 7 heteroatoms. The highest BCUT2D eigenvalue weighted by Crippen LogP contribution is 2.31. The van der Waals surface area contributed by atoms with Crippen LogP contribution in [0.4, 0.5) is 5.69 Å². The molecule has 1 aliphatic rings. The van der Waals surface area contributed by atoms with E-state index in [0.717, 1.165) is 23.9 Å². The molecule has 1 atom stereocenters. The molecule has 3 rings (SSSR count). The van der Waals surface area contributed by atoms with Crippen molar-refractivity contribution in [3.8, 4) is 0 Å². The monoisotopic (exact) mass is 387 g/mol. The highest BCUT2D eigenvalue weighted by molar-refractivity contribution is 7.90. The Bertz CT molecular complexity index is 1010. The summed E-state index contributed by atoms with van der Waals surface area (Å²) in [7, 11) is -3.44. The van der Waals surface area contributed by atoms with Gasteiger partial charge in [0.1, 0.15) is 0 Å². The van der Waals surface area contributed by atoms with Gasteiger partial charge in [-0.25, -0.2) is 13.2 Å². The average Bonchev–Trinajstić information content (AvgIpc) is 2.94. The fraction of sp³-hybridized carbons (Fsp3) is 0.300. The molecule has 1 heterocycles. The molecule has 1 amide bonds. The number of carbonyl (C=O) groups is 2. The number of amides is 1. The maximum atomic E-state index is 12.6. The zero-order valence-electron chi connectivity index (χ0n) is 15.4. The van der Waals surface area contributed by atoms with Crippen molar-refractivity contribution in [2.75, 3.05) is 17.8 Å². The maximum absolute atomic E-state index is 12.6. The van der Waals surface area contributed by atoms with Crippen LogP contribution in [0.2, 0.25) is 0 Å². The second-order valence-electron chi connectivity index (χ2n) is 6.77. The lowest BCUT2D eigenvalue weighted by molar-refractivity contribution is -0.122. The Morgan fingerprint density at radius 3 is 2.59 bits per heavy atom. The molecule has 1 aliphatic heterocycles. The standard InChI is InChI=1S/C20H21NO5S/c1-13-8-9-16(27(3,24)25)11-17(13)20(23)26-12-19(22)21-14(2)10-15-6-4-5-7-18(15)21/h4-9,11,14H,10,12H2,1-3H3/t14-/m1/s1. The Hall–Kier alpha value is -2.67. The molecule has 2 aromatic rings. The van der Waals surface area contributed by atoms with E-state index in [9.17, 15) is 18.0 Å². The molecule has 142 valence electrons. The van der Waals surface area contributed by atoms with E-state index >= 15 is 0 Å². The van der Waals surface area contributed by atoms with Crippen LogP contribution >= 0.6 is 0 Å². The van der Waals surface area contributed by atoms with E-state index in [0.29, 0.717) is 5.56 Å². The van der Waals surface area contributed by atoms with Gasteiger partial charge in [0.15, 0.2) is 16.4 Å². The van der Waals surface area contributed by atoms with Gasteiger partial charge in [0.2, 0.25) is 0 Å². The number of sulfone groups is 1. The molecule has 0 N–H and O–H groups in total. The van der Waals surface area contributed by atoms with Crippen molar-refractivity contribution < 1.29 is 22.7 Å². The molecule has 0 bridgehead atoms. The summed E-state index contributed by atoms with van der Waals surface area (Å²) in [6.45, 7) is 3.22. The SMILES string of the molecule is Cc1ccc(S(C)(=O)=O)cc1C(=O)OCC(=O)N1c2ccccc2C[C@H]1C. The van der Waals surface area contributed by atoms with Crippen LogP contribution in [0, 0.1) is 6.92 Å². The van der Waals surface area contributed by atoms with Crippen LogP contribution in [0.5, 0.6) is 0 Å². The molecule has 0 spiro atoms. The molecule has 0 fully saturated rings. The molecule has 2 aromatic carbocycles. The van der Waals surface area contributed by atoms with Crippen LogP contribution in [-0.4, -0.2) is 39.2 Å². The van der Waals surface area contributed by atoms with Crippen molar-refractivity contribution in [1.29, 1.82) is 0 Å². The summed E-state index contributed by atoms with van der Waals surface area (Å²) >= 11 is 0. The summed E-state index contributed by atoms with van der Waals surface area (Å²) in [6.07, 6.45) is 1.83. The number of nitrogens with zero attached hydrogens (tertiary/aromatic N) is 1. The zero-order chi connectivity index (χ0) is 19.8. The van der Waals surface area contributed by atoms with Gasteiger partial charge in [-0.15, -0.1) is 0 Å². The van der Waals surface area contributed by atoms with E-state index in [-0.39, 0.29) is 22.4 Å². The minimum Gasteiger partial charge on any atom is -0.452 e. The predicted octanol–water partition coefficient (Wildman–Crippen LogP) is 2.53. The Balaban J connectivity index is 1.74. The number of carbonyl (C=O) groups excluding carboxylic acids is 2. The highest BCUT2D eigenvalue weighted by Gasteiger charge is 2.31. The largest absolute Gasteiger partial charge is 0.452 e. The number of anilines is 1. The molecule has 0 saturated carbocycles. The first-order valence-corrected chi connectivity index (χ1v) is 10.5. The van der Waals surface area contributed by atoms with Crippen molar-refractivity contribution >= 4 is 27.4 Å². The third-order valence-electron chi connectivity index (χ3n) is 4.66. The Morgan fingerprint density at radius 2 is 1.89 bits per heavy atom. The lowest BCUT2D eigenvalue weighted by Gasteiger charge is -2.22. The van der Waals surface area contributed by atoms with Gasteiger partial charge in [-0.05, 0) is 49.6 Å². The highest BCUT2D eigenvalue weighted by atomic mass is 32.2. The summed E-state index contributed by atoms with van der Waals surface area (Å²) < 4.78 is 28.6. The Labute approximate surface area is 158 Å².